The van der Waals surface area contributed by atoms with Gasteiger partial charge in [0.2, 0.25) is 5.82 Å². The zero-order valence-electron chi connectivity index (χ0n) is 14.7. The number of piperidine rings is 1. The van der Waals surface area contributed by atoms with Gasteiger partial charge in [0.05, 0.1) is 5.56 Å². The molecule has 2 bridgehead atoms. The Morgan fingerprint density at radius 3 is 2.19 bits per heavy atom. The fourth-order valence-electron chi connectivity index (χ4n) is 4.38. The minimum Gasteiger partial charge on any atom is -0.294 e. The SMILES string of the molecule is O=C(c1cnc(C(F)(F)F)nc1)C1CC2CCC(C1)N2Cc1ccccc1. The van der Waals surface area contributed by atoms with E-state index >= 15 is 0 Å². The molecule has 1 aromatic heterocycles. The lowest BCUT2D eigenvalue weighted by atomic mass is 9.85. The first-order chi connectivity index (χ1) is 12.9. The lowest BCUT2D eigenvalue weighted by Crippen LogP contribution is -2.44. The van der Waals surface area contributed by atoms with Gasteiger partial charge in [-0.05, 0) is 31.2 Å². The molecule has 0 N–H and O–H groups in total. The Morgan fingerprint density at radius 1 is 1.04 bits per heavy atom. The molecule has 2 atom stereocenters. The number of carbonyl (C=O) groups excluding carboxylic acids is 1. The van der Waals surface area contributed by atoms with Crippen LogP contribution >= 0.6 is 0 Å². The van der Waals surface area contributed by atoms with Crippen LogP contribution in [0.4, 0.5) is 13.2 Å². The van der Waals surface area contributed by atoms with Crippen LogP contribution in [0.1, 0.15) is 47.4 Å². The molecule has 0 saturated carbocycles. The Morgan fingerprint density at radius 2 is 1.63 bits per heavy atom. The lowest BCUT2D eigenvalue weighted by Gasteiger charge is -2.38. The summed E-state index contributed by atoms with van der Waals surface area (Å²) in [7, 11) is 0. The van der Waals surface area contributed by atoms with Crippen molar-refractivity contribution < 1.29 is 18.0 Å². The third-order valence-electron chi connectivity index (χ3n) is 5.65. The predicted molar refractivity (Wildman–Crippen MR) is 92.9 cm³/mol. The molecule has 2 aliphatic heterocycles. The number of rotatable bonds is 4. The standard InChI is InChI=1S/C20H20F3N3O/c21-20(22,23)19-24-10-15(11-25-19)18(27)14-8-16-6-7-17(9-14)26(16)12-13-4-2-1-3-5-13/h1-5,10-11,14,16-17H,6-9,12H2. The van der Waals surface area contributed by atoms with Gasteiger partial charge in [-0.3, -0.25) is 9.69 Å². The number of benzene rings is 1. The fourth-order valence-corrected chi connectivity index (χ4v) is 4.38. The second-order valence-electron chi connectivity index (χ2n) is 7.37. The monoisotopic (exact) mass is 375 g/mol. The zero-order valence-corrected chi connectivity index (χ0v) is 14.7. The molecule has 3 heterocycles. The van der Waals surface area contributed by atoms with E-state index in [0.29, 0.717) is 12.1 Å². The topological polar surface area (TPSA) is 46.1 Å². The third-order valence-corrected chi connectivity index (χ3v) is 5.65. The summed E-state index contributed by atoms with van der Waals surface area (Å²) < 4.78 is 37.8. The minimum atomic E-state index is -4.59. The molecule has 0 spiro atoms. The molecule has 1 aromatic carbocycles. The van der Waals surface area contributed by atoms with E-state index in [9.17, 15) is 18.0 Å². The average molecular weight is 375 g/mol. The van der Waals surface area contributed by atoms with Crippen molar-refractivity contribution in [3.63, 3.8) is 0 Å². The van der Waals surface area contributed by atoms with Crippen molar-refractivity contribution >= 4 is 5.78 Å². The number of ketones is 1. The maximum atomic E-state index is 12.8. The molecule has 0 aliphatic carbocycles. The molecular weight excluding hydrogens is 355 g/mol. The van der Waals surface area contributed by atoms with Crippen LogP contribution in [0.3, 0.4) is 0 Å². The molecule has 0 amide bonds. The van der Waals surface area contributed by atoms with Crippen LogP contribution < -0.4 is 0 Å². The zero-order chi connectivity index (χ0) is 19.0. The first-order valence-corrected chi connectivity index (χ1v) is 9.15. The number of alkyl halides is 3. The summed E-state index contributed by atoms with van der Waals surface area (Å²) in [6, 6.07) is 10.9. The summed E-state index contributed by atoms with van der Waals surface area (Å²) in [4.78, 5) is 21.9. The summed E-state index contributed by atoms with van der Waals surface area (Å²) >= 11 is 0. The van der Waals surface area contributed by atoms with Gasteiger partial charge < -0.3 is 0 Å². The van der Waals surface area contributed by atoms with E-state index in [1.807, 2.05) is 18.2 Å². The largest absolute Gasteiger partial charge is 0.451 e. The number of hydrogen-bond donors (Lipinski definition) is 0. The van der Waals surface area contributed by atoms with Crippen LogP contribution in [0.5, 0.6) is 0 Å². The highest BCUT2D eigenvalue weighted by Gasteiger charge is 2.43. The van der Waals surface area contributed by atoms with Crippen molar-refractivity contribution in [1.82, 2.24) is 14.9 Å². The van der Waals surface area contributed by atoms with E-state index in [-0.39, 0.29) is 17.3 Å². The second kappa shape index (κ2) is 7.03. The lowest BCUT2D eigenvalue weighted by molar-refractivity contribution is -0.145. The number of nitrogens with zero attached hydrogens (tertiary/aromatic N) is 3. The molecule has 4 nitrogen and oxygen atoms in total. The average Bonchev–Trinajstić information content (AvgIpc) is 2.89. The molecule has 0 radical (unpaired) electrons. The van der Waals surface area contributed by atoms with Gasteiger partial charge in [-0.2, -0.15) is 13.2 Å². The van der Waals surface area contributed by atoms with Crippen LogP contribution in [0, 0.1) is 5.92 Å². The minimum absolute atomic E-state index is 0.139. The van der Waals surface area contributed by atoms with Crippen LogP contribution in [0.15, 0.2) is 42.7 Å². The Labute approximate surface area is 155 Å². The van der Waals surface area contributed by atoms with Gasteiger partial charge >= 0.3 is 6.18 Å². The van der Waals surface area contributed by atoms with Crippen molar-refractivity contribution in [3.8, 4) is 0 Å². The molecule has 2 fully saturated rings. The molecule has 2 aromatic rings. The maximum Gasteiger partial charge on any atom is 0.451 e. The summed E-state index contributed by atoms with van der Waals surface area (Å²) in [6.45, 7) is 0.875. The number of halogens is 3. The molecule has 4 rings (SSSR count). The molecule has 7 heteroatoms. The Kier molecular flexibility index (Phi) is 4.72. The Balaban J connectivity index is 1.44. The summed E-state index contributed by atoms with van der Waals surface area (Å²) in [5.74, 6) is -1.52. The molecule has 2 aliphatic rings. The smallest absolute Gasteiger partial charge is 0.294 e. The summed E-state index contributed by atoms with van der Waals surface area (Å²) in [6.07, 6.45) is 1.03. The summed E-state index contributed by atoms with van der Waals surface area (Å²) in [5, 5.41) is 0. The molecule has 27 heavy (non-hydrogen) atoms. The predicted octanol–water partition coefficient (Wildman–Crippen LogP) is 4.12. The van der Waals surface area contributed by atoms with Gasteiger partial charge in [0.25, 0.3) is 0 Å². The van der Waals surface area contributed by atoms with E-state index in [2.05, 4.69) is 27.0 Å². The normalized spacial score (nSPS) is 25.5. The van der Waals surface area contributed by atoms with Gasteiger partial charge in [-0.15, -0.1) is 0 Å². The van der Waals surface area contributed by atoms with Crippen molar-refractivity contribution in [1.29, 1.82) is 0 Å². The number of Topliss-reactive ketones (excluding diaryl/α,β-unsaturated/α-hetero) is 1. The Bertz CT molecular complexity index is 793. The van der Waals surface area contributed by atoms with Crippen LogP contribution in [-0.4, -0.2) is 32.7 Å². The van der Waals surface area contributed by atoms with E-state index in [1.54, 1.807) is 0 Å². The van der Waals surface area contributed by atoms with E-state index in [1.165, 1.54) is 5.56 Å². The van der Waals surface area contributed by atoms with Gasteiger partial charge in [0.1, 0.15) is 0 Å². The van der Waals surface area contributed by atoms with E-state index in [4.69, 9.17) is 0 Å². The Hall–Kier alpha value is -2.28. The first kappa shape index (κ1) is 18.1. The highest BCUT2D eigenvalue weighted by Crippen LogP contribution is 2.40. The van der Waals surface area contributed by atoms with E-state index in [0.717, 1.165) is 44.6 Å². The van der Waals surface area contributed by atoms with Gasteiger partial charge in [0.15, 0.2) is 5.78 Å². The number of carbonyl (C=O) groups is 1. The molecule has 2 saturated heterocycles. The van der Waals surface area contributed by atoms with Gasteiger partial charge in [0, 0.05) is 36.9 Å². The van der Waals surface area contributed by atoms with Gasteiger partial charge in [-0.1, -0.05) is 30.3 Å². The van der Waals surface area contributed by atoms with Crippen LogP contribution in [-0.2, 0) is 12.7 Å². The molecule has 2 unspecified atom stereocenters. The van der Waals surface area contributed by atoms with Crippen molar-refractivity contribution in [2.45, 2.75) is 50.5 Å². The van der Waals surface area contributed by atoms with Crippen LogP contribution in [0.2, 0.25) is 0 Å². The summed E-state index contributed by atoms with van der Waals surface area (Å²) in [5.41, 5.74) is 1.43. The highest BCUT2D eigenvalue weighted by molar-refractivity contribution is 5.97. The number of aromatic nitrogens is 2. The van der Waals surface area contributed by atoms with Crippen molar-refractivity contribution in [3.05, 3.63) is 59.7 Å². The first-order valence-electron chi connectivity index (χ1n) is 9.15. The number of fused-ring (bicyclic) bond motifs is 2. The third kappa shape index (κ3) is 3.74. The van der Waals surface area contributed by atoms with Crippen LogP contribution in [0.25, 0.3) is 0 Å². The van der Waals surface area contributed by atoms with Crippen molar-refractivity contribution in [2.24, 2.45) is 5.92 Å². The highest BCUT2D eigenvalue weighted by atomic mass is 19.4. The second-order valence-corrected chi connectivity index (χ2v) is 7.37. The maximum absolute atomic E-state index is 12.8. The quantitative estimate of drug-likeness (QED) is 0.754. The van der Waals surface area contributed by atoms with Crippen molar-refractivity contribution in [2.75, 3.05) is 0 Å². The molecule has 142 valence electrons. The number of hydrogen-bond acceptors (Lipinski definition) is 4. The fraction of sp³-hybridized carbons (Fsp3) is 0.450. The van der Waals surface area contributed by atoms with E-state index < -0.39 is 12.0 Å². The van der Waals surface area contributed by atoms with Gasteiger partial charge in [-0.25, -0.2) is 9.97 Å². The molecular formula is C20H20F3N3O.